The van der Waals surface area contributed by atoms with E-state index in [0.717, 1.165) is 12.2 Å². The molecule has 1 aromatic rings. The lowest BCUT2D eigenvalue weighted by Gasteiger charge is -2.05. The quantitative estimate of drug-likeness (QED) is 0.845. The number of hydrogen-bond acceptors (Lipinski definition) is 3. The molecule has 17 heavy (non-hydrogen) atoms. The molecule has 1 unspecified atom stereocenters. The van der Waals surface area contributed by atoms with Gasteiger partial charge in [0.05, 0.1) is 11.9 Å². The Hall–Kier alpha value is -1.07. The van der Waals surface area contributed by atoms with Crippen LogP contribution in [0.15, 0.2) is 12.4 Å². The van der Waals surface area contributed by atoms with Crippen molar-refractivity contribution in [3.63, 3.8) is 0 Å². The predicted octanol–water partition coefficient (Wildman–Crippen LogP) is 1.64. The predicted molar refractivity (Wildman–Crippen MR) is 71.2 cm³/mol. The summed E-state index contributed by atoms with van der Waals surface area (Å²) >= 11 is 0. The Morgan fingerprint density at radius 1 is 1.53 bits per heavy atom. The topological polar surface area (TPSA) is 72.9 Å². The van der Waals surface area contributed by atoms with Crippen LogP contribution in [0.4, 0.5) is 5.69 Å². The molecule has 98 valence electrons. The van der Waals surface area contributed by atoms with Gasteiger partial charge in [-0.3, -0.25) is 9.48 Å². The maximum atomic E-state index is 11.4. The van der Waals surface area contributed by atoms with Gasteiger partial charge in [0, 0.05) is 25.2 Å². The summed E-state index contributed by atoms with van der Waals surface area (Å²) in [6, 6.07) is -0.120. The first kappa shape index (κ1) is 15.9. The smallest absolute Gasteiger partial charge is 0.226 e. The first-order valence-electron chi connectivity index (χ1n) is 5.55. The van der Waals surface area contributed by atoms with Crippen molar-refractivity contribution >= 4 is 24.0 Å². The number of aromatic nitrogens is 2. The van der Waals surface area contributed by atoms with Crippen molar-refractivity contribution in [1.82, 2.24) is 9.78 Å². The lowest BCUT2D eigenvalue weighted by atomic mass is 10.2. The zero-order valence-electron chi connectivity index (χ0n) is 10.5. The van der Waals surface area contributed by atoms with E-state index in [2.05, 4.69) is 24.3 Å². The number of nitrogens with zero attached hydrogens (tertiary/aromatic N) is 2. The van der Waals surface area contributed by atoms with Crippen molar-refractivity contribution in [3.05, 3.63) is 12.4 Å². The molecule has 1 rings (SSSR count). The Kier molecular flexibility index (Phi) is 6.83. The minimum Gasteiger partial charge on any atom is -0.327 e. The molecule has 6 heteroatoms. The molecule has 0 spiro atoms. The second-order valence-electron chi connectivity index (χ2n) is 4.57. The van der Waals surface area contributed by atoms with Gasteiger partial charge in [0.25, 0.3) is 0 Å². The summed E-state index contributed by atoms with van der Waals surface area (Å²) in [5.41, 5.74) is 6.26. The molecule has 0 bridgehead atoms. The highest BCUT2D eigenvalue weighted by Gasteiger charge is 2.07. The Labute approximate surface area is 108 Å². The van der Waals surface area contributed by atoms with Crippen LogP contribution in [-0.2, 0) is 11.3 Å². The van der Waals surface area contributed by atoms with Crippen LogP contribution >= 0.6 is 12.4 Å². The van der Waals surface area contributed by atoms with Gasteiger partial charge in [0.1, 0.15) is 0 Å². The zero-order valence-corrected chi connectivity index (χ0v) is 11.3. The number of nitrogens with two attached hydrogens (primary N) is 1. The Balaban J connectivity index is 0.00000256. The van der Waals surface area contributed by atoms with Crippen LogP contribution in [0.3, 0.4) is 0 Å². The van der Waals surface area contributed by atoms with Crippen molar-refractivity contribution in [2.24, 2.45) is 11.7 Å². The highest BCUT2D eigenvalue weighted by molar-refractivity contribution is 5.90. The first-order valence-corrected chi connectivity index (χ1v) is 5.55. The summed E-state index contributed by atoms with van der Waals surface area (Å²) < 4.78 is 1.83. The molecular weight excluding hydrogens is 240 g/mol. The number of anilines is 1. The van der Waals surface area contributed by atoms with Gasteiger partial charge in [-0.2, -0.15) is 5.10 Å². The zero-order chi connectivity index (χ0) is 12.1. The number of nitrogens with one attached hydrogen (secondary N) is 1. The van der Waals surface area contributed by atoms with E-state index < -0.39 is 0 Å². The van der Waals surface area contributed by atoms with Gasteiger partial charge in [-0.15, -0.1) is 12.4 Å². The van der Waals surface area contributed by atoms with E-state index in [1.807, 2.05) is 17.8 Å². The average Bonchev–Trinajstić information content (AvgIpc) is 2.49. The fraction of sp³-hybridized carbons (Fsp3) is 0.636. The number of amides is 1. The van der Waals surface area contributed by atoms with E-state index in [4.69, 9.17) is 5.73 Å². The van der Waals surface area contributed by atoms with Crippen LogP contribution in [0.25, 0.3) is 0 Å². The Morgan fingerprint density at radius 3 is 2.71 bits per heavy atom. The molecule has 0 fully saturated rings. The molecule has 0 radical (unpaired) electrons. The molecule has 0 aliphatic rings. The van der Waals surface area contributed by atoms with E-state index in [-0.39, 0.29) is 24.4 Å². The molecule has 0 aromatic carbocycles. The maximum absolute atomic E-state index is 11.4. The van der Waals surface area contributed by atoms with Gasteiger partial charge in [-0.1, -0.05) is 13.8 Å². The summed E-state index contributed by atoms with van der Waals surface area (Å²) in [6.45, 7) is 6.90. The highest BCUT2D eigenvalue weighted by atomic mass is 35.5. The minimum atomic E-state index is -0.120. The molecule has 1 amide bonds. The van der Waals surface area contributed by atoms with Crippen molar-refractivity contribution in [1.29, 1.82) is 0 Å². The van der Waals surface area contributed by atoms with Crippen LogP contribution in [-0.4, -0.2) is 21.7 Å². The van der Waals surface area contributed by atoms with Crippen molar-refractivity contribution in [2.45, 2.75) is 39.8 Å². The molecule has 5 nitrogen and oxygen atoms in total. The first-order chi connectivity index (χ1) is 7.47. The SMILES string of the molecule is CC(C)Cn1cc(NC(=O)CC(C)N)cn1.Cl. The highest BCUT2D eigenvalue weighted by Crippen LogP contribution is 2.07. The molecule has 0 aliphatic heterocycles. The monoisotopic (exact) mass is 260 g/mol. The number of hydrogen-bond donors (Lipinski definition) is 2. The molecule has 0 saturated heterocycles. The number of halogens is 1. The lowest BCUT2D eigenvalue weighted by Crippen LogP contribution is -2.23. The number of carbonyl (C=O) groups is 1. The van der Waals surface area contributed by atoms with Crippen molar-refractivity contribution < 1.29 is 4.79 Å². The standard InChI is InChI=1S/C11H20N4O.ClH/c1-8(2)6-15-7-10(5-13-15)14-11(16)4-9(3)12;/h5,7-9H,4,6,12H2,1-3H3,(H,14,16);1H. The lowest BCUT2D eigenvalue weighted by molar-refractivity contribution is -0.116. The molecule has 0 aliphatic carbocycles. The second-order valence-corrected chi connectivity index (χ2v) is 4.57. The van der Waals surface area contributed by atoms with E-state index in [1.165, 1.54) is 0 Å². The van der Waals surface area contributed by atoms with E-state index in [0.29, 0.717) is 12.3 Å². The molecule has 1 atom stereocenters. The number of rotatable bonds is 5. The fourth-order valence-corrected chi connectivity index (χ4v) is 1.41. The molecule has 1 aromatic heterocycles. The maximum Gasteiger partial charge on any atom is 0.226 e. The normalized spacial score (nSPS) is 12.1. The van der Waals surface area contributed by atoms with Crippen molar-refractivity contribution in [2.75, 3.05) is 5.32 Å². The van der Waals surface area contributed by atoms with E-state index in [1.54, 1.807) is 6.20 Å². The van der Waals surface area contributed by atoms with Crippen LogP contribution < -0.4 is 11.1 Å². The van der Waals surface area contributed by atoms with Crippen LogP contribution in [0.1, 0.15) is 27.2 Å². The average molecular weight is 261 g/mol. The molecular formula is C11H21ClN4O. The summed E-state index contributed by atoms with van der Waals surface area (Å²) in [4.78, 5) is 11.4. The molecule has 0 saturated carbocycles. The third-order valence-electron chi connectivity index (χ3n) is 1.98. The van der Waals surface area contributed by atoms with Gasteiger partial charge in [0.15, 0.2) is 0 Å². The van der Waals surface area contributed by atoms with Gasteiger partial charge in [-0.25, -0.2) is 0 Å². The van der Waals surface area contributed by atoms with Gasteiger partial charge in [-0.05, 0) is 12.8 Å². The van der Waals surface area contributed by atoms with Crippen molar-refractivity contribution in [3.8, 4) is 0 Å². The third kappa shape index (κ3) is 6.28. The summed E-state index contributed by atoms with van der Waals surface area (Å²) in [5, 5.41) is 6.92. The van der Waals surface area contributed by atoms with Gasteiger partial charge < -0.3 is 11.1 Å². The van der Waals surface area contributed by atoms with E-state index in [9.17, 15) is 4.79 Å². The molecule has 3 N–H and O–H groups in total. The largest absolute Gasteiger partial charge is 0.327 e. The Morgan fingerprint density at radius 2 is 2.18 bits per heavy atom. The molecule has 1 heterocycles. The van der Waals surface area contributed by atoms with E-state index >= 15 is 0 Å². The third-order valence-corrected chi connectivity index (χ3v) is 1.98. The van der Waals surface area contributed by atoms with Gasteiger partial charge in [0.2, 0.25) is 5.91 Å². The summed E-state index contributed by atoms with van der Waals surface area (Å²) in [5.74, 6) is 0.464. The summed E-state index contributed by atoms with van der Waals surface area (Å²) in [6.07, 6.45) is 3.82. The fourth-order valence-electron chi connectivity index (χ4n) is 1.41. The second kappa shape index (κ2) is 7.29. The van der Waals surface area contributed by atoms with Crippen LogP contribution in [0, 0.1) is 5.92 Å². The minimum absolute atomic E-state index is 0. The summed E-state index contributed by atoms with van der Waals surface area (Å²) in [7, 11) is 0. The van der Waals surface area contributed by atoms with Crippen LogP contribution in [0.2, 0.25) is 0 Å². The number of carbonyl (C=O) groups excluding carboxylic acids is 1. The Bertz CT molecular complexity index is 349. The van der Waals surface area contributed by atoms with Crippen LogP contribution in [0.5, 0.6) is 0 Å². The van der Waals surface area contributed by atoms with Gasteiger partial charge >= 0.3 is 0 Å².